The molecule has 0 bridgehead atoms. The summed E-state index contributed by atoms with van der Waals surface area (Å²) in [5, 5.41) is 96.6. The van der Waals surface area contributed by atoms with Crippen LogP contribution >= 0.6 is 0 Å². The second-order valence-electron chi connectivity index (χ2n) is 16.3. The van der Waals surface area contributed by atoms with E-state index in [1.807, 2.05) is 20.8 Å². The number of carbonyl (C=O) groups excluding carboxylic acids is 3. The summed E-state index contributed by atoms with van der Waals surface area (Å²) in [6.07, 6.45) is -27.0. The fourth-order valence-electron chi connectivity index (χ4n) is 11.2. The molecular formula is C32H44O20. The van der Waals surface area contributed by atoms with Crippen molar-refractivity contribution in [2.45, 2.75) is 137 Å². The van der Waals surface area contributed by atoms with Crippen LogP contribution in [-0.4, -0.2) is 180 Å². The van der Waals surface area contributed by atoms with E-state index in [-0.39, 0.29) is 6.42 Å². The molecule has 0 unspecified atom stereocenters. The van der Waals surface area contributed by atoms with Crippen molar-refractivity contribution < 1.29 is 98.2 Å². The summed E-state index contributed by atoms with van der Waals surface area (Å²) in [5.74, 6) is -5.54. The van der Waals surface area contributed by atoms with Crippen LogP contribution in [0.3, 0.4) is 0 Å². The zero-order valence-corrected chi connectivity index (χ0v) is 28.5. The molecule has 0 aromatic carbocycles. The van der Waals surface area contributed by atoms with Crippen molar-refractivity contribution in [1.82, 2.24) is 0 Å². The third-order valence-corrected chi connectivity index (χ3v) is 13.2. The van der Waals surface area contributed by atoms with Crippen molar-refractivity contribution in [2.75, 3.05) is 13.2 Å². The number of hydrogen-bond acceptors (Lipinski definition) is 20. The smallest absolute Gasteiger partial charge is 0.343 e. The third kappa shape index (κ3) is 3.86. The van der Waals surface area contributed by atoms with Crippen LogP contribution in [0.5, 0.6) is 0 Å². The number of esters is 3. The molecule has 8 aliphatic rings. The Bertz CT molecular complexity index is 1520. The van der Waals surface area contributed by atoms with Crippen molar-refractivity contribution in [3.8, 4) is 0 Å². The lowest BCUT2D eigenvalue weighted by Crippen LogP contribution is -2.71. The van der Waals surface area contributed by atoms with Gasteiger partial charge in [-0.3, -0.25) is 4.79 Å². The maximum Gasteiger partial charge on any atom is 0.343 e. The Morgan fingerprint density at radius 2 is 1.35 bits per heavy atom. The van der Waals surface area contributed by atoms with Gasteiger partial charge in [-0.15, -0.1) is 0 Å². The molecule has 6 saturated heterocycles. The molecule has 20 heteroatoms. The summed E-state index contributed by atoms with van der Waals surface area (Å²) in [5.41, 5.74) is -10.0. The van der Waals surface area contributed by atoms with Gasteiger partial charge in [-0.2, -0.15) is 0 Å². The van der Waals surface area contributed by atoms with Gasteiger partial charge in [0.2, 0.25) is 11.9 Å². The summed E-state index contributed by atoms with van der Waals surface area (Å²) in [4.78, 5) is 42.2. The summed E-state index contributed by atoms with van der Waals surface area (Å²) in [7, 11) is 0. The predicted molar refractivity (Wildman–Crippen MR) is 157 cm³/mol. The van der Waals surface area contributed by atoms with E-state index in [0.717, 1.165) is 0 Å². The molecule has 2 aliphatic carbocycles. The lowest BCUT2D eigenvalue weighted by molar-refractivity contribution is -0.355. The highest BCUT2D eigenvalue weighted by Gasteiger charge is 3.04. The van der Waals surface area contributed by atoms with E-state index in [2.05, 4.69) is 0 Å². The van der Waals surface area contributed by atoms with E-state index in [1.165, 1.54) is 6.92 Å². The highest BCUT2D eigenvalue weighted by molar-refractivity contribution is 5.94. The van der Waals surface area contributed by atoms with Crippen LogP contribution in [0.1, 0.15) is 34.1 Å². The minimum atomic E-state index is -2.61. The summed E-state index contributed by atoms with van der Waals surface area (Å²) in [6.45, 7) is 5.06. The van der Waals surface area contributed by atoms with Crippen molar-refractivity contribution in [3.05, 3.63) is 0 Å². The Morgan fingerprint density at radius 3 is 1.92 bits per heavy atom. The zero-order valence-electron chi connectivity index (χ0n) is 28.5. The number of fused-ring (bicyclic) bond motifs is 1. The average molecular weight is 749 g/mol. The van der Waals surface area contributed by atoms with Crippen molar-refractivity contribution in [2.24, 2.45) is 28.1 Å². The number of aliphatic hydroxyl groups excluding tert-OH is 9. The Hall–Kier alpha value is -2.15. The molecule has 0 aromatic rings. The Kier molecular flexibility index (Phi) is 8.10. The first-order valence-electron chi connectivity index (χ1n) is 17.3. The maximum absolute atomic E-state index is 14.7. The molecule has 292 valence electrons. The number of carbonyl (C=O) groups is 3. The van der Waals surface area contributed by atoms with E-state index in [9.17, 15) is 60.3 Å². The fraction of sp³-hybridized carbons (Fsp3) is 0.906. The van der Waals surface area contributed by atoms with Crippen molar-refractivity contribution in [3.63, 3.8) is 0 Å². The van der Waals surface area contributed by atoms with Crippen molar-refractivity contribution >= 4 is 17.9 Å². The van der Waals surface area contributed by atoms with Crippen LogP contribution < -0.4 is 0 Å². The van der Waals surface area contributed by atoms with Gasteiger partial charge >= 0.3 is 17.9 Å². The average Bonchev–Trinajstić information content (AvgIpc) is 3.82. The lowest BCUT2D eigenvalue weighted by Gasteiger charge is -2.50. The standard InChI is InChI=1S/C32H44O20/c1-8-22(42)48-20-19(41)30-12-5-11(28(2,3)4)29(30)21(49-24-17(39)15(37)13(35)9(6-33)45-24)23(43)50-27(29)52-32(30,26(44)47-12)31(8,20)51-25-18(40)16(38)14(36)10(7-34)46-25/h8-21,24-25,27,33-41H,5-7H2,1-4H3/t8-,9-,10-,11+,12-,13-,14-,15+,16+,17-,18-,19+,20+,21+,24-,25+,27+,29+,30+,31-,32-/m1/s1. The predicted octanol–water partition coefficient (Wildman–Crippen LogP) is -5.72. The highest BCUT2D eigenvalue weighted by atomic mass is 16.8. The van der Waals surface area contributed by atoms with Gasteiger partial charge in [-0.25, -0.2) is 9.59 Å². The van der Waals surface area contributed by atoms with E-state index in [1.54, 1.807) is 0 Å². The molecule has 8 fully saturated rings. The first kappa shape index (κ1) is 36.8. The van der Waals surface area contributed by atoms with E-state index >= 15 is 0 Å². The second kappa shape index (κ2) is 11.4. The van der Waals surface area contributed by atoms with Gasteiger partial charge in [0.05, 0.1) is 30.0 Å². The number of ether oxygens (including phenoxy) is 8. The molecule has 0 amide bonds. The van der Waals surface area contributed by atoms with E-state index < -0.39 is 163 Å². The first-order valence-corrected chi connectivity index (χ1v) is 17.3. The van der Waals surface area contributed by atoms with Gasteiger partial charge in [0.25, 0.3) is 0 Å². The minimum absolute atomic E-state index is 0.0374. The molecule has 9 N–H and O–H groups in total. The zero-order chi connectivity index (χ0) is 37.8. The van der Waals surface area contributed by atoms with Crippen LogP contribution in [-0.2, 0) is 52.3 Å². The summed E-state index contributed by atoms with van der Waals surface area (Å²) in [6, 6.07) is 0. The number of rotatable bonds is 6. The maximum atomic E-state index is 14.7. The van der Waals surface area contributed by atoms with Gasteiger partial charge in [-0.05, 0) is 24.7 Å². The molecule has 6 heterocycles. The highest BCUT2D eigenvalue weighted by Crippen LogP contribution is 2.85. The SMILES string of the molecule is C[C@@H]1C(=O)O[C@H]2[C@H](O)[C@@]34[C@H]5C[C@@H](C(C)(C)C)[C@]36[C@@H](OC(=O)[C@@H]6O[C@H]3O[C@H](CO)[C@@H](O)[C@H](O)[C@H]3O)O[C@@]4(C(=O)O5)[C@@]12O[C@@H]1O[C@H](CO)[C@@H](O)[C@H](O)[C@H]1O. The molecule has 52 heavy (non-hydrogen) atoms. The minimum Gasteiger partial charge on any atom is -0.459 e. The quantitative estimate of drug-likeness (QED) is 0.0903. The van der Waals surface area contributed by atoms with Gasteiger partial charge in [0.15, 0.2) is 30.4 Å². The normalized spacial score (nSPS) is 57.6. The monoisotopic (exact) mass is 748 g/mol. The van der Waals surface area contributed by atoms with E-state index in [0.29, 0.717) is 0 Å². The van der Waals surface area contributed by atoms with Crippen molar-refractivity contribution in [1.29, 1.82) is 0 Å². The molecule has 2 saturated carbocycles. The molecule has 8 rings (SSSR count). The second-order valence-corrected chi connectivity index (χ2v) is 16.3. The molecule has 0 aromatic heterocycles. The van der Waals surface area contributed by atoms with Crippen LogP contribution in [0.15, 0.2) is 0 Å². The fourth-order valence-corrected chi connectivity index (χ4v) is 11.2. The molecule has 2 spiro atoms. The van der Waals surface area contributed by atoms with Gasteiger partial charge in [-0.1, -0.05) is 20.8 Å². The van der Waals surface area contributed by atoms with E-state index in [4.69, 9.17) is 37.9 Å². The Labute approximate surface area is 295 Å². The summed E-state index contributed by atoms with van der Waals surface area (Å²) < 4.78 is 48.2. The number of aliphatic hydroxyl groups is 9. The lowest BCUT2D eigenvalue weighted by atomic mass is 9.51. The third-order valence-electron chi connectivity index (χ3n) is 13.2. The van der Waals surface area contributed by atoms with Gasteiger partial charge in [0.1, 0.15) is 61.0 Å². The molecule has 6 aliphatic heterocycles. The number of hydrogen-bond donors (Lipinski definition) is 9. The summed E-state index contributed by atoms with van der Waals surface area (Å²) >= 11 is 0. The van der Waals surface area contributed by atoms with Crippen LogP contribution in [0.25, 0.3) is 0 Å². The topological polar surface area (TPSA) is 307 Å². The molecular weight excluding hydrogens is 704 g/mol. The largest absolute Gasteiger partial charge is 0.459 e. The molecule has 21 atom stereocenters. The van der Waals surface area contributed by atoms with Gasteiger partial charge < -0.3 is 83.9 Å². The Balaban J connectivity index is 1.32. The van der Waals surface area contributed by atoms with Crippen LogP contribution in [0, 0.1) is 28.1 Å². The Morgan fingerprint density at radius 1 is 0.769 bits per heavy atom. The molecule has 20 nitrogen and oxygen atoms in total. The van der Waals surface area contributed by atoms with Gasteiger partial charge in [0, 0.05) is 0 Å². The molecule has 0 radical (unpaired) electrons. The van der Waals surface area contributed by atoms with Crippen LogP contribution in [0.2, 0.25) is 0 Å². The first-order chi connectivity index (χ1) is 24.3. The van der Waals surface area contributed by atoms with Crippen LogP contribution in [0.4, 0.5) is 0 Å².